The fourth-order valence-corrected chi connectivity index (χ4v) is 2.14. The molecule has 1 N–H and O–H groups in total. The Bertz CT molecular complexity index is 530. The number of halogens is 1. The van der Waals surface area contributed by atoms with Gasteiger partial charge in [-0.3, -0.25) is 15.4 Å². The van der Waals surface area contributed by atoms with Crippen LogP contribution in [0.5, 0.6) is 5.75 Å². The predicted octanol–water partition coefficient (Wildman–Crippen LogP) is 3.02. The minimum Gasteiger partial charge on any atom is -0.493 e. The van der Waals surface area contributed by atoms with Gasteiger partial charge >= 0.3 is 0 Å². The van der Waals surface area contributed by atoms with E-state index in [0.717, 1.165) is 0 Å². The molecule has 0 aliphatic rings. The van der Waals surface area contributed by atoms with Crippen molar-refractivity contribution in [1.82, 2.24) is 5.32 Å². The first-order valence-corrected chi connectivity index (χ1v) is 6.93. The molecule has 0 spiro atoms. The molecule has 0 amide bonds. The number of rotatable bonds is 7. The van der Waals surface area contributed by atoms with Gasteiger partial charge in [-0.15, -0.1) is 0 Å². The van der Waals surface area contributed by atoms with Gasteiger partial charge in [0, 0.05) is 17.0 Å². The number of nitrogens with one attached hydrogen (secondary N) is 1. The van der Waals surface area contributed by atoms with Gasteiger partial charge in [0.25, 0.3) is 5.69 Å². The van der Waals surface area contributed by atoms with Crippen LogP contribution in [0.4, 0.5) is 5.69 Å². The van der Waals surface area contributed by atoms with Gasteiger partial charge in [0.05, 0.1) is 23.7 Å². The molecule has 0 fully saturated rings. The molecule has 0 aliphatic heterocycles. The second-order valence-corrected chi connectivity index (χ2v) is 5.39. The van der Waals surface area contributed by atoms with E-state index in [0.29, 0.717) is 29.8 Å². The Morgan fingerprint density at radius 1 is 1.55 bits per heavy atom. The molecule has 1 unspecified atom stereocenters. The average molecular weight is 342 g/mol. The van der Waals surface area contributed by atoms with Gasteiger partial charge in [0.1, 0.15) is 11.3 Å². The normalized spacial score (nSPS) is 13.3. The van der Waals surface area contributed by atoms with Gasteiger partial charge in [-0.25, -0.2) is 0 Å². The second-order valence-electron chi connectivity index (χ2n) is 4.47. The van der Waals surface area contributed by atoms with Crippen LogP contribution in [0.15, 0.2) is 22.7 Å². The standard InChI is InChI=1S/C13H16BrN3O3/c1-3-16-13(2,9-15)4-5-20-12-7-10(14)6-11(8-12)17(18)19/h6-8,16H,3-5H2,1-2H3. The molecule has 0 bridgehead atoms. The molecule has 1 aromatic carbocycles. The Morgan fingerprint density at radius 3 is 2.80 bits per heavy atom. The van der Waals surface area contributed by atoms with E-state index in [2.05, 4.69) is 27.3 Å². The largest absolute Gasteiger partial charge is 0.493 e. The molecule has 0 aliphatic carbocycles. The van der Waals surface area contributed by atoms with Crippen LogP contribution >= 0.6 is 15.9 Å². The summed E-state index contributed by atoms with van der Waals surface area (Å²) in [6.07, 6.45) is 0.484. The quantitative estimate of drug-likeness (QED) is 0.608. The second kappa shape index (κ2) is 7.22. The minimum atomic E-state index is -0.660. The molecule has 7 heteroatoms. The van der Waals surface area contributed by atoms with Crippen LogP contribution in [-0.4, -0.2) is 23.6 Å². The highest BCUT2D eigenvalue weighted by Crippen LogP contribution is 2.26. The Hall–Kier alpha value is -1.65. The predicted molar refractivity (Wildman–Crippen MR) is 78.6 cm³/mol. The monoisotopic (exact) mass is 341 g/mol. The lowest BCUT2D eigenvalue weighted by molar-refractivity contribution is -0.385. The Balaban J connectivity index is 2.67. The fraction of sp³-hybridized carbons (Fsp3) is 0.462. The van der Waals surface area contributed by atoms with E-state index >= 15 is 0 Å². The summed E-state index contributed by atoms with van der Waals surface area (Å²) in [6, 6.07) is 6.63. The summed E-state index contributed by atoms with van der Waals surface area (Å²) in [5.74, 6) is 0.405. The number of nitriles is 1. The number of hydrogen-bond acceptors (Lipinski definition) is 5. The van der Waals surface area contributed by atoms with Crippen LogP contribution in [-0.2, 0) is 0 Å². The maximum absolute atomic E-state index is 10.7. The third-order valence-corrected chi connectivity index (χ3v) is 3.21. The lowest BCUT2D eigenvalue weighted by Gasteiger charge is -2.22. The van der Waals surface area contributed by atoms with Gasteiger partial charge in [-0.05, 0) is 19.5 Å². The van der Waals surface area contributed by atoms with E-state index in [1.807, 2.05) is 6.92 Å². The highest BCUT2D eigenvalue weighted by Gasteiger charge is 2.22. The first-order valence-electron chi connectivity index (χ1n) is 6.14. The summed E-state index contributed by atoms with van der Waals surface area (Å²) in [5.41, 5.74) is -0.698. The molecule has 0 radical (unpaired) electrons. The summed E-state index contributed by atoms with van der Waals surface area (Å²) in [4.78, 5) is 10.3. The first-order chi connectivity index (χ1) is 9.40. The lowest BCUT2D eigenvalue weighted by Crippen LogP contribution is -2.42. The SMILES string of the molecule is CCNC(C)(C#N)CCOc1cc(Br)cc([N+](=O)[O-])c1. The van der Waals surface area contributed by atoms with Crippen molar-refractivity contribution in [2.24, 2.45) is 0 Å². The zero-order chi connectivity index (χ0) is 15.2. The number of nitrogens with zero attached hydrogens (tertiary/aromatic N) is 2. The van der Waals surface area contributed by atoms with Crippen LogP contribution in [0.3, 0.4) is 0 Å². The van der Waals surface area contributed by atoms with Crippen LogP contribution in [0.2, 0.25) is 0 Å². The molecule has 1 atom stereocenters. The first kappa shape index (κ1) is 16.4. The van der Waals surface area contributed by atoms with E-state index in [9.17, 15) is 10.1 Å². The number of hydrogen-bond donors (Lipinski definition) is 1. The molecule has 20 heavy (non-hydrogen) atoms. The van der Waals surface area contributed by atoms with Crippen LogP contribution in [0.1, 0.15) is 20.3 Å². The number of ether oxygens (including phenoxy) is 1. The smallest absolute Gasteiger partial charge is 0.274 e. The zero-order valence-corrected chi connectivity index (χ0v) is 12.9. The summed E-state index contributed by atoms with van der Waals surface area (Å²) < 4.78 is 6.08. The van der Waals surface area contributed by atoms with Crippen molar-refractivity contribution in [2.75, 3.05) is 13.2 Å². The van der Waals surface area contributed by atoms with E-state index in [1.165, 1.54) is 12.1 Å². The van der Waals surface area contributed by atoms with Crippen LogP contribution in [0.25, 0.3) is 0 Å². The lowest BCUT2D eigenvalue weighted by atomic mass is 10.0. The van der Waals surface area contributed by atoms with E-state index in [1.54, 1.807) is 13.0 Å². The Kier molecular flexibility index (Phi) is 5.92. The van der Waals surface area contributed by atoms with Gasteiger partial charge in [0.2, 0.25) is 0 Å². The third-order valence-electron chi connectivity index (χ3n) is 2.75. The van der Waals surface area contributed by atoms with Crippen molar-refractivity contribution in [3.05, 3.63) is 32.8 Å². The molecule has 0 aromatic heterocycles. The molecule has 1 rings (SSSR count). The van der Waals surface area contributed by atoms with E-state index in [-0.39, 0.29) is 5.69 Å². The maximum atomic E-state index is 10.7. The van der Waals surface area contributed by atoms with Gasteiger partial charge < -0.3 is 4.74 Å². The van der Waals surface area contributed by atoms with Crippen molar-refractivity contribution < 1.29 is 9.66 Å². The highest BCUT2D eigenvalue weighted by molar-refractivity contribution is 9.10. The van der Waals surface area contributed by atoms with Crippen molar-refractivity contribution in [1.29, 1.82) is 5.26 Å². The van der Waals surface area contributed by atoms with E-state index < -0.39 is 10.5 Å². The molecular weight excluding hydrogens is 326 g/mol. The van der Waals surface area contributed by atoms with Crippen LogP contribution < -0.4 is 10.1 Å². The molecule has 0 heterocycles. The van der Waals surface area contributed by atoms with Crippen LogP contribution in [0, 0.1) is 21.4 Å². The number of non-ortho nitro benzene ring substituents is 1. The van der Waals surface area contributed by atoms with Gasteiger partial charge in [0.15, 0.2) is 0 Å². The Labute approximate surface area is 126 Å². The maximum Gasteiger partial charge on any atom is 0.274 e. The average Bonchev–Trinajstić information content (AvgIpc) is 2.38. The van der Waals surface area contributed by atoms with Crippen molar-refractivity contribution >= 4 is 21.6 Å². The highest BCUT2D eigenvalue weighted by atomic mass is 79.9. The van der Waals surface area contributed by atoms with Gasteiger partial charge in [-0.2, -0.15) is 5.26 Å². The summed E-state index contributed by atoms with van der Waals surface area (Å²) in [6.45, 7) is 4.70. The van der Waals surface area contributed by atoms with Crippen molar-refractivity contribution in [3.8, 4) is 11.8 Å². The van der Waals surface area contributed by atoms with Crippen molar-refractivity contribution in [2.45, 2.75) is 25.8 Å². The molecule has 0 saturated heterocycles. The fourth-order valence-electron chi connectivity index (χ4n) is 1.68. The molecule has 1 aromatic rings. The number of nitro groups is 1. The summed E-state index contributed by atoms with van der Waals surface area (Å²) in [5, 5.41) is 22.9. The number of benzene rings is 1. The van der Waals surface area contributed by atoms with Crippen molar-refractivity contribution in [3.63, 3.8) is 0 Å². The van der Waals surface area contributed by atoms with Gasteiger partial charge in [-0.1, -0.05) is 22.9 Å². The molecule has 6 nitrogen and oxygen atoms in total. The summed E-state index contributed by atoms with van der Waals surface area (Å²) >= 11 is 3.20. The topological polar surface area (TPSA) is 88.2 Å². The molecule has 0 saturated carbocycles. The molecular formula is C13H16BrN3O3. The zero-order valence-electron chi connectivity index (χ0n) is 11.4. The third kappa shape index (κ3) is 4.79. The minimum absolute atomic E-state index is 0.0379. The number of nitro benzene ring substituents is 1. The molecule has 108 valence electrons. The summed E-state index contributed by atoms with van der Waals surface area (Å²) in [7, 11) is 0. The Morgan fingerprint density at radius 2 is 2.25 bits per heavy atom. The van der Waals surface area contributed by atoms with E-state index in [4.69, 9.17) is 10.00 Å².